The summed E-state index contributed by atoms with van der Waals surface area (Å²) in [4.78, 5) is 27.9. The van der Waals surface area contributed by atoms with Gasteiger partial charge in [0.1, 0.15) is 11.9 Å². The normalized spacial score (nSPS) is 17.2. The minimum atomic E-state index is -0.688. The van der Waals surface area contributed by atoms with Crippen LogP contribution in [0.1, 0.15) is 67.1 Å². The second kappa shape index (κ2) is 11.3. The monoisotopic (exact) mass is 502 g/mol. The number of nitrogens with two attached hydrogens (primary N) is 1. The summed E-state index contributed by atoms with van der Waals surface area (Å²) in [5, 5.41) is 0. The highest BCUT2D eigenvalue weighted by molar-refractivity contribution is 5.91. The summed E-state index contributed by atoms with van der Waals surface area (Å²) < 4.78 is 19.0. The lowest BCUT2D eigenvalue weighted by molar-refractivity contribution is -0.122. The number of amides is 1. The van der Waals surface area contributed by atoms with Crippen LogP contribution in [0.4, 0.5) is 4.39 Å². The fourth-order valence-corrected chi connectivity index (χ4v) is 5.22. The molecule has 0 bridgehead atoms. The summed E-state index contributed by atoms with van der Waals surface area (Å²) in [6.07, 6.45) is 0.613. The molecule has 3 aromatic rings. The lowest BCUT2D eigenvalue weighted by atomic mass is 9.79. The summed E-state index contributed by atoms with van der Waals surface area (Å²) in [5.74, 6) is -1.98. The van der Waals surface area contributed by atoms with Gasteiger partial charge < -0.3 is 10.5 Å². The van der Waals surface area contributed by atoms with Crippen molar-refractivity contribution in [2.75, 3.05) is 0 Å². The van der Waals surface area contributed by atoms with Crippen molar-refractivity contribution in [2.24, 2.45) is 5.73 Å². The zero-order valence-corrected chi connectivity index (χ0v) is 21.9. The van der Waals surface area contributed by atoms with Crippen LogP contribution in [0.25, 0.3) is 11.1 Å². The molecule has 0 fully saturated rings. The van der Waals surface area contributed by atoms with Gasteiger partial charge in [-0.3, -0.25) is 9.69 Å². The summed E-state index contributed by atoms with van der Waals surface area (Å²) in [6.45, 7) is 9.59. The first-order valence-corrected chi connectivity index (χ1v) is 12.9. The van der Waals surface area contributed by atoms with E-state index in [0.29, 0.717) is 30.5 Å². The van der Waals surface area contributed by atoms with Crippen LogP contribution in [0, 0.1) is 5.82 Å². The first kappa shape index (κ1) is 26.6. The van der Waals surface area contributed by atoms with Crippen LogP contribution in [-0.2, 0) is 22.5 Å². The van der Waals surface area contributed by atoms with Gasteiger partial charge in [0.05, 0.1) is 11.5 Å². The van der Waals surface area contributed by atoms with E-state index >= 15 is 0 Å². The van der Waals surface area contributed by atoms with E-state index in [1.807, 2.05) is 12.1 Å². The van der Waals surface area contributed by atoms with Gasteiger partial charge in [-0.1, -0.05) is 42.5 Å². The van der Waals surface area contributed by atoms with Gasteiger partial charge in [0.2, 0.25) is 5.91 Å². The van der Waals surface area contributed by atoms with Gasteiger partial charge in [0.25, 0.3) is 0 Å². The third-order valence-corrected chi connectivity index (χ3v) is 7.17. The molecular weight excluding hydrogens is 467 g/mol. The third kappa shape index (κ3) is 6.08. The number of halogens is 1. The van der Waals surface area contributed by atoms with Gasteiger partial charge in [0, 0.05) is 18.6 Å². The predicted octanol–water partition coefficient (Wildman–Crippen LogP) is 5.85. The largest absolute Gasteiger partial charge is 0.458 e. The first-order chi connectivity index (χ1) is 17.6. The topological polar surface area (TPSA) is 72.6 Å². The molecule has 5 nitrogen and oxygen atoms in total. The molecule has 0 saturated carbocycles. The van der Waals surface area contributed by atoms with Crippen molar-refractivity contribution >= 4 is 11.9 Å². The predicted molar refractivity (Wildman–Crippen MR) is 144 cm³/mol. The van der Waals surface area contributed by atoms with Gasteiger partial charge >= 0.3 is 5.97 Å². The van der Waals surface area contributed by atoms with Gasteiger partial charge in [0.15, 0.2) is 0 Å². The van der Waals surface area contributed by atoms with Crippen LogP contribution in [0.15, 0.2) is 66.7 Å². The molecule has 1 aliphatic rings. The molecule has 2 atom stereocenters. The number of hydrogen-bond donors (Lipinski definition) is 1. The number of carbonyl (C=O) groups is 2. The maximum atomic E-state index is 13.2. The molecule has 0 saturated heterocycles. The van der Waals surface area contributed by atoms with Gasteiger partial charge in [-0.05, 0) is 92.6 Å². The highest BCUT2D eigenvalue weighted by Crippen LogP contribution is 2.35. The van der Waals surface area contributed by atoms with Crippen molar-refractivity contribution in [1.82, 2.24) is 4.90 Å². The lowest BCUT2D eigenvalue weighted by Crippen LogP contribution is -2.39. The van der Waals surface area contributed by atoms with Crippen LogP contribution in [0.3, 0.4) is 0 Å². The molecule has 2 unspecified atom stereocenters. The molecule has 0 radical (unpaired) electrons. The van der Waals surface area contributed by atoms with E-state index in [2.05, 4.69) is 38.7 Å². The summed E-state index contributed by atoms with van der Waals surface area (Å²) in [7, 11) is 0. The fraction of sp³-hybridized carbons (Fsp3) is 0.355. The van der Waals surface area contributed by atoms with Crippen molar-refractivity contribution < 1.29 is 18.7 Å². The summed E-state index contributed by atoms with van der Waals surface area (Å²) in [6, 6.07) is 20.1. The van der Waals surface area contributed by atoms with Crippen molar-refractivity contribution in [2.45, 2.75) is 71.2 Å². The molecule has 1 amide bonds. The molecule has 0 aromatic heterocycles. The number of hydrogen-bond acceptors (Lipinski definition) is 4. The number of aryl methyl sites for hydroxylation is 1. The Morgan fingerprint density at radius 2 is 1.54 bits per heavy atom. The molecular formula is C31H35FN2O3. The van der Waals surface area contributed by atoms with E-state index < -0.39 is 23.9 Å². The molecule has 3 aromatic carbocycles. The first-order valence-electron chi connectivity index (χ1n) is 12.9. The molecule has 0 spiro atoms. The number of primary amides is 1. The Bertz CT molecular complexity index is 1240. The van der Waals surface area contributed by atoms with Crippen molar-refractivity contribution in [3.8, 4) is 11.1 Å². The van der Waals surface area contributed by atoms with Crippen LogP contribution in [0.5, 0.6) is 0 Å². The second-order valence-electron chi connectivity index (χ2n) is 10.3. The lowest BCUT2D eigenvalue weighted by Gasteiger charge is -2.33. The maximum absolute atomic E-state index is 13.2. The number of rotatable bonds is 8. The highest BCUT2D eigenvalue weighted by Gasteiger charge is 2.36. The zero-order valence-electron chi connectivity index (χ0n) is 21.9. The van der Waals surface area contributed by atoms with Crippen LogP contribution in [-0.4, -0.2) is 35.0 Å². The SMILES string of the molecule is CC(C)N(Cc1ccc2c(c1)CCC(OC(=O)c1ccc(-c3ccc(F)cc3)cc1)C2C(N)=O)C(C)C. The molecule has 1 aliphatic carbocycles. The Morgan fingerprint density at radius 1 is 0.946 bits per heavy atom. The summed E-state index contributed by atoms with van der Waals surface area (Å²) >= 11 is 0. The fourth-order valence-electron chi connectivity index (χ4n) is 5.22. The average Bonchev–Trinajstić information content (AvgIpc) is 2.87. The number of fused-ring (bicyclic) bond motifs is 1. The molecule has 0 heterocycles. The quantitative estimate of drug-likeness (QED) is 0.392. The van der Waals surface area contributed by atoms with E-state index in [-0.39, 0.29) is 5.82 Å². The van der Waals surface area contributed by atoms with E-state index in [1.54, 1.807) is 36.4 Å². The molecule has 194 valence electrons. The number of ether oxygens (including phenoxy) is 1. The maximum Gasteiger partial charge on any atom is 0.338 e. The molecule has 0 aliphatic heterocycles. The number of carbonyl (C=O) groups excluding carboxylic acids is 2. The third-order valence-electron chi connectivity index (χ3n) is 7.17. The Labute approximate surface area is 218 Å². The Balaban J connectivity index is 1.49. The van der Waals surface area contributed by atoms with E-state index in [0.717, 1.165) is 28.8 Å². The van der Waals surface area contributed by atoms with Crippen LogP contribution < -0.4 is 5.73 Å². The van der Waals surface area contributed by atoms with E-state index in [1.165, 1.54) is 17.7 Å². The Morgan fingerprint density at radius 3 is 2.11 bits per heavy atom. The number of esters is 1. The van der Waals surface area contributed by atoms with Gasteiger partial charge in [-0.25, -0.2) is 9.18 Å². The molecule has 4 rings (SSSR count). The van der Waals surface area contributed by atoms with Crippen LogP contribution in [0.2, 0.25) is 0 Å². The van der Waals surface area contributed by atoms with Gasteiger partial charge in [-0.15, -0.1) is 0 Å². The van der Waals surface area contributed by atoms with E-state index in [4.69, 9.17) is 10.5 Å². The minimum absolute atomic E-state index is 0.300. The van der Waals surface area contributed by atoms with E-state index in [9.17, 15) is 14.0 Å². The minimum Gasteiger partial charge on any atom is -0.458 e. The van der Waals surface area contributed by atoms with Crippen molar-refractivity contribution in [3.05, 3.63) is 94.8 Å². The highest BCUT2D eigenvalue weighted by atomic mass is 19.1. The van der Waals surface area contributed by atoms with Gasteiger partial charge in [-0.2, -0.15) is 0 Å². The average molecular weight is 503 g/mol. The number of benzene rings is 3. The standard InChI is InChI=1S/C31H35FN2O3/c1-19(2)34(20(3)4)18-21-5-15-27-25(17-21)12-16-28(29(27)30(33)35)37-31(36)24-8-6-22(7-9-24)23-10-13-26(32)14-11-23/h5-11,13-15,17,19-20,28-29H,12,16,18H2,1-4H3,(H2,33,35). The van der Waals surface area contributed by atoms with Crippen molar-refractivity contribution in [1.29, 1.82) is 0 Å². The molecule has 6 heteroatoms. The molecule has 2 N–H and O–H groups in total. The molecule has 37 heavy (non-hydrogen) atoms. The summed E-state index contributed by atoms with van der Waals surface area (Å²) in [5.41, 5.74) is 11.0. The smallest absolute Gasteiger partial charge is 0.338 e. The number of nitrogens with zero attached hydrogens (tertiary/aromatic N) is 1. The Kier molecular flexibility index (Phi) is 8.08. The zero-order chi connectivity index (χ0) is 26.7. The van der Waals surface area contributed by atoms with Crippen LogP contribution >= 0.6 is 0 Å². The Hall–Kier alpha value is -3.51. The van der Waals surface area contributed by atoms with Crippen molar-refractivity contribution in [3.63, 3.8) is 0 Å². The second-order valence-corrected chi connectivity index (χ2v) is 10.3.